The molecule has 0 aliphatic heterocycles. The first-order valence-electron chi connectivity index (χ1n) is 8.88. The van der Waals surface area contributed by atoms with E-state index in [4.69, 9.17) is 4.74 Å². The Bertz CT molecular complexity index is 480. The maximum absolute atomic E-state index is 11.0. The first kappa shape index (κ1) is 24.9. The molecule has 0 saturated heterocycles. The second-order valence-electron chi connectivity index (χ2n) is 6.53. The zero-order valence-electron chi connectivity index (χ0n) is 15.8. The van der Waals surface area contributed by atoms with Crippen molar-refractivity contribution in [3.8, 4) is 0 Å². The predicted molar refractivity (Wildman–Crippen MR) is 114 cm³/mol. The van der Waals surface area contributed by atoms with Gasteiger partial charge in [0.2, 0.25) is 10.0 Å². The van der Waals surface area contributed by atoms with E-state index < -0.39 is 10.0 Å². The molecule has 1 fully saturated rings. The van der Waals surface area contributed by atoms with Gasteiger partial charge in [-0.2, -0.15) is 0 Å². The van der Waals surface area contributed by atoms with Gasteiger partial charge in [-0.1, -0.05) is 12.8 Å². The Morgan fingerprint density at radius 1 is 1.20 bits per heavy atom. The van der Waals surface area contributed by atoms with E-state index in [1.165, 1.54) is 31.9 Å². The van der Waals surface area contributed by atoms with E-state index in [0.29, 0.717) is 24.9 Å². The first-order chi connectivity index (χ1) is 11.4. The summed E-state index contributed by atoms with van der Waals surface area (Å²) < 4.78 is 30.0. The van der Waals surface area contributed by atoms with Gasteiger partial charge in [-0.3, -0.25) is 4.99 Å². The van der Waals surface area contributed by atoms with Crippen LogP contribution < -0.4 is 15.4 Å². The van der Waals surface area contributed by atoms with Crippen LogP contribution in [-0.2, 0) is 14.8 Å². The van der Waals surface area contributed by atoms with Crippen molar-refractivity contribution in [2.45, 2.75) is 45.4 Å². The Balaban J connectivity index is 0.00000576. The topological polar surface area (TPSA) is 91.8 Å². The zero-order chi connectivity index (χ0) is 17.9. The van der Waals surface area contributed by atoms with Crippen LogP contribution in [0.2, 0.25) is 0 Å². The largest absolute Gasteiger partial charge is 0.382 e. The first-order valence-corrected chi connectivity index (χ1v) is 10.8. The maximum Gasteiger partial charge on any atom is 0.208 e. The van der Waals surface area contributed by atoms with E-state index in [1.54, 1.807) is 7.05 Å². The monoisotopic (exact) mass is 490 g/mol. The average molecular weight is 490 g/mol. The third-order valence-electron chi connectivity index (χ3n) is 4.51. The summed E-state index contributed by atoms with van der Waals surface area (Å²) in [7, 11) is -1.35. The second kappa shape index (κ2) is 13.1. The van der Waals surface area contributed by atoms with Crippen LogP contribution in [0.3, 0.4) is 0 Å². The molecule has 0 atom stereocenters. The van der Waals surface area contributed by atoms with Crippen LogP contribution in [0.25, 0.3) is 0 Å². The highest BCUT2D eigenvalue weighted by Crippen LogP contribution is 2.40. The Hall–Kier alpha value is -0.130. The fraction of sp³-hybridized carbons (Fsp3) is 0.938. The molecule has 1 aliphatic carbocycles. The summed E-state index contributed by atoms with van der Waals surface area (Å²) in [6.45, 7) is 5.64. The second-order valence-corrected chi connectivity index (χ2v) is 8.36. The number of halogens is 1. The summed E-state index contributed by atoms with van der Waals surface area (Å²) in [5.41, 5.74) is 0.310. The average Bonchev–Trinajstić information content (AvgIpc) is 2.98. The molecule has 1 aliphatic rings. The number of sulfonamides is 1. The van der Waals surface area contributed by atoms with E-state index in [0.717, 1.165) is 32.1 Å². The number of hydrogen-bond acceptors (Lipinski definition) is 4. The normalized spacial score (nSPS) is 17.2. The van der Waals surface area contributed by atoms with Crippen molar-refractivity contribution < 1.29 is 13.2 Å². The summed E-state index contributed by atoms with van der Waals surface area (Å²) in [6, 6.07) is 0. The number of ether oxygens (including phenoxy) is 1. The number of nitrogens with one attached hydrogen (secondary N) is 3. The number of hydrogen-bond donors (Lipinski definition) is 3. The fourth-order valence-electron chi connectivity index (χ4n) is 3.12. The Morgan fingerprint density at radius 3 is 2.44 bits per heavy atom. The SMILES string of the molecule is CCOCCC1(CNC(=NC)NCCCNS(C)(=O)=O)CCCC1.I. The van der Waals surface area contributed by atoms with Gasteiger partial charge in [0.25, 0.3) is 0 Å². The molecule has 9 heteroatoms. The van der Waals surface area contributed by atoms with Gasteiger partial charge in [-0.05, 0) is 38.0 Å². The number of guanidine groups is 1. The van der Waals surface area contributed by atoms with Crippen molar-refractivity contribution in [2.75, 3.05) is 46.2 Å². The van der Waals surface area contributed by atoms with Crippen molar-refractivity contribution in [2.24, 2.45) is 10.4 Å². The Morgan fingerprint density at radius 2 is 1.88 bits per heavy atom. The summed E-state index contributed by atoms with van der Waals surface area (Å²) >= 11 is 0. The third kappa shape index (κ3) is 11.2. The molecule has 0 aromatic heterocycles. The molecule has 1 rings (SSSR count). The number of nitrogens with zero attached hydrogens (tertiary/aromatic N) is 1. The van der Waals surface area contributed by atoms with Crippen molar-refractivity contribution in [3.63, 3.8) is 0 Å². The lowest BCUT2D eigenvalue weighted by Crippen LogP contribution is -2.44. The summed E-state index contributed by atoms with van der Waals surface area (Å²) in [4.78, 5) is 4.25. The van der Waals surface area contributed by atoms with E-state index in [2.05, 4.69) is 20.3 Å². The quantitative estimate of drug-likeness (QED) is 0.178. The Kier molecular flexibility index (Phi) is 13.0. The number of rotatable bonds is 11. The highest BCUT2D eigenvalue weighted by molar-refractivity contribution is 14.0. The van der Waals surface area contributed by atoms with Crippen molar-refractivity contribution in [3.05, 3.63) is 0 Å². The van der Waals surface area contributed by atoms with E-state index in [1.807, 2.05) is 6.92 Å². The van der Waals surface area contributed by atoms with Crippen LogP contribution in [0.4, 0.5) is 0 Å². The molecule has 1 saturated carbocycles. The predicted octanol–water partition coefficient (Wildman–Crippen LogP) is 1.70. The van der Waals surface area contributed by atoms with Gasteiger partial charge < -0.3 is 15.4 Å². The van der Waals surface area contributed by atoms with Crippen LogP contribution in [-0.4, -0.2) is 60.5 Å². The molecule has 0 heterocycles. The fourth-order valence-corrected chi connectivity index (χ4v) is 3.63. The van der Waals surface area contributed by atoms with Crippen molar-refractivity contribution >= 4 is 40.0 Å². The Labute approximate surface area is 170 Å². The molecule has 25 heavy (non-hydrogen) atoms. The highest BCUT2D eigenvalue weighted by Gasteiger charge is 2.33. The van der Waals surface area contributed by atoms with Crippen LogP contribution >= 0.6 is 24.0 Å². The molecule has 0 spiro atoms. The van der Waals surface area contributed by atoms with Gasteiger partial charge in [-0.15, -0.1) is 24.0 Å². The van der Waals surface area contributed by atoms with E-state index >= 15 is 0 Å². The summed E-state index contributed by atoms with van der Waals surface area (Å²) in [5.74, 6) is 0.775. The zero-order valence-corrected chi connectivity index (χ0v) is 18.9. The molecular formula is C16H35IN4O3S. The molecule has 150 valence electrons. The molecule has 7 nitrogen and oxygen atoms in total. The van der Waals surface area contributed by atoms with Gasteiger partial charge in [0.1, 0.15) is 0 Å². The number of aliphatic imine (C=N–C) groups is 1. The van der Waals surface area contributed by atoms with Gasteiger partial charge in [0.05, 0.1) is 6.26 Å². The minimum Gasteiger partial charge on any atom is -0.382 e. The van der Waals surface area contributed by atoms with Crippen LogP contribution in [0.5, 0.6) is 0 Å². The van der Waals surface area contributed by atoms with Crippen LogP contribution in [0, 0.1) is 5.41 Å². The molecule has 0 radical (unpaired) electrons. The molecule has 3 N–H and O–H groups in total. The minimum absolute atomic E-state index is 0. The van der Waals surface area contributed by atoms with Crippen LogP contribution in [0.1, 0.15) is 45.4 Å². The van der Waals surface area contributed by atoms with Gasteiger partial charge in [-0.25, -0.2) is 13.1 Å². The third-order valence-corrected chi connectivity index (χ3v) is 5.24. The van der Waals surface area contributed by atoms with Crippen LogP contribution in [0.15, 0.2) is 4.99 Å². The molecule has 0 aromatic rings. The molecule has 0 amide bonds. The summed E-state index contributed by atoms with van der Waals surface area (Å²) in [6.07, 6.45) is 8.02. The van der Waals surface area contributed by atoms with Gasteiger partial charge in [0, 0.05) is 39.9 Å². The van der Waals surface area contributed by atoms with E-state index in [-0.39, 0.29) is 24.0 Å². The lowest BCUT2D eigenvalue weighted by atomic mass is 9.83. The molecule has 0 unspecified atom stereocenters. The lowest BCUT2D eigenvalue weighted by Gasteiger charge is -2.30. The van der Waals surface area contributed by atoms with Gasteiger partial charge in [0.15, 0.2) is 5.96 Å². The van der Waals surface area contributed by atoms with Gasteiger partial charge >= 0.3 is 0 Å². The highest BCUT2D eigenvalue weighted by atomic mass is 127. The molecule has 0 bridgehead atoms. The molecule has 0 aromatic carbocycles. The molecular weight excluding hydrogens is 455 g/mol. The smallest absolute Gasteiger partial charge is 0.208 e. The van der Waals surface area contributed by atoms with Crippen molar-refractivity contribution in [1.29, 1.82) is 0 Å². The standard InChI is InChI=1S/C16H34N4O3S.HI/c1-4-23-13-10-16(8-5-6-9-16)14-19-15(17-2)18-11-7-12-20-24(3,21)22;/h20H,4-14H2,1-3H3,(H2,17,18,19);1H. The maximum atomic E-state index is 11.0. The van der Waals surface area contributed by atoms with Crippen molar-refractivity contribution in [1.82, 2.24) is 15.4 Å². The minimum atomic E-state index is -3.11. The lowest BCUT2D eigenvalue weighted by molar-refractivity contribution is 0.105. The summed E-state index contributed by atoms with van der Waals surface area (Å²) in [5, 5.41) is 6.67. The van der Waals surface area contributed by atoms with E-state index in [9.17, 15) is 8.42 Å².